The van der Waals surface area contributed by atoms with Gasteiger partial charge in [0.05, 0.1) is 0 Å². The third-order valence-corrected chi connectivity index (χ3v) is 4.10. The minimum atomic E-state index is -0.163. The molecule has 0 unspecified atom stereocenters. The highest BCUT2D eigenvalue weighted by Crippen LogP contribution is 2.32. The maximum Gasteiger partial charge on any atom is 0.137 e. The van der Waals surface area contributed by atoms with Crippen LogP contribution >= 0.6 is 11.8 Å². The Kier molecular flexibility index (Phi) is 5.00. The molecule has 0 amide bonds. The molecule has 0 aliphatic rings. The molecule has 0 aliphatic heterocycles. The molecule has 0 saturated heterocycles. The molecule has 3 heteroatoms. The smallest absolute Gasteiger partial charge is 0.137 e. The lowest BCUT2D eigenvalue weighted by Crippen LogP contribution is -2.11. The average Bonchev–Trinajstić information content (AvgIpc) is 2.41. The van der Waals surface area contributed by atoms with Crippen LogP contribution in [0, 0.1) is 12.7 Å². The lowest BCUT2D eigenvalue weighted by Gasteiger charge is -2.09. The number of hydrogen-bond donors (Lipinski definition) is 1. The molecule has 2 aromatic rings. The van der Waals surface area contributed by atoms with E-state index in [1.165, 1.54) is 29.0 Å². The predicted molar refractivity (Wildman–Crippen MR) is 79.1 cm³/mol. The highest BCUT2D eigenvalue weighted by atomic mass is 32.2. The van der Waals surface area contributed by atoms with Crippen molar-refractivity contribution in [2.45, 2.75) is 30.2 Å². The number of aryl methyl sites for hydroxylation is 1. The van der Waals surface area contributed by atoms with Gasteiger partial charge in [-0.1, -0.05) is 43.0 Å². The maximum absolute atomic E-state index is 13.6. The molecule has 1 N–H and O–H groups in total. The molecule has 0 aromatic heterocycles. The standard InChI is InChI=1S/C16H18FNS/c1-3-18-11-13-8-9-15(12(2)10-13)19-16-7-5-4-6-14(16)17/h4-10,18H,3,11H2,1-2H3. The van der Waals surface area contributed by atoms with Crippen LogP contribution in [0.3, 0.4) is 0 Å². The van der Waals surface area contributed by atoms with Crippen LogP contribution in [-0.4, -0.2) is 6.54 Å². The first-order valence-electron chi connectivity index (χ1n) is 6.43. The molecule has 100 valence electrons. The van der Waals surface area contributed by atoms with Gasteiger partial charge in [0, 0.05) is 16.3 Å². The van der Waals surface area contributed by atoms with Crippen molar-refractivity contribution in [1.29, 1.82) is 0 Å². The van der Waals surface area contributed by atoms with Crippen LogP contribution in [0.5, 0.6) is 0 Å². The summed E-state index contributed by atoms with van der Waals surface area (Å²) in [5.74, 6) is -0.163. The second-order valence-corrected chi connectivity index (χ2v) is 5.50. The number of benzene rings is 2. The zero-order chi connectivity index (χ0) is 13.7. The van der Waals surface area contributed by atoms with E-state index < -0.39 is 0 Å². The Labute approximate surface area is 118 Å². The van der Waals surface area contributed by atoms with Crippen molar-refractivity contribution < 1.29 is 4.39 Å². The van der Waals surface area contributed by atoms with Gasteiger partial charge < -0.3 is 5.32 Å². The molecule has 2 rings (SSSR count). The summed E-state index contributed by atoms with van der Waals surface area (Å²) in [6.07, 6.45) is 0. The van der Waals surface area contributed by atoms with Gasteiger partial charge in [-0.2, -0.15) is 0 Å². The fraction of sp³-hybridized carbons (Fsp3) is 0.250. The SMILES string of the molecule is CCNCc1ccc(Sc2ccccc2F)c(C)c1. The Morgan fingerprint density at radius 1 is 1.11 bits per heavy atom. The first kappa shape index (κ1) is 14.1. The van der Waals surface area contributed by atoms with Crippen LogP contribution in [0.2, 0.25) is 0 Å². The van der Waals surface area contributed by atoms with E-state index in [-0.39, 0.29) is 5.82 Å². The fourth-order valence-corrected chi connectivity index (χ4v) is 2.76. The van der Waals surface area contributed by atoms with Crippen LogP contribution in [0.25, 0.3) is 0 Å². The highest BCUT2D eigenvalue weighted by Gasteiger charge is 2.06. The van der Waals surface area contributed by atoms with E-state index in [2.05, 4.69) is 37.4 Å². The Balaban J connectivity index is 2.15. The first-order chi connectivity index (χ1) is 9.20. The summed E-state index contributed by atoms with van der Waals surface area (Å²) in [6, 6.07) is 13.2. The summed E-state index contributed by atoms with van der Waals surface area (Å²) in [4.78, 5) is 1.77. The molecule has 0 heterocycles. The van der Waals surface area contributed by atoms with Crippen LogP contribution in [0.4, 0.5) is 4.39 Å². The highest BCUT2D eigenvalue weighted by molar-refractivity contribution is 7.99. The first-order valence-corrected chi connectivity index (χ1v) is 7.25. The summed E-state index contributed by atoms with van der Waals surface area (Å²) < 4.78 is 13.6. The van der Waals surface area contributed by atoms with Gasteiger partial charge in [0.2, 0.25) is 0 Å². The third kappa shape index (κ3) is 3.82. The monoisotopic (exact) mass is 275 g/mol. The fourth-order valence-electron chi connectivity index (χ4n) is 1.85. The topological polar surface area (TPSA) is 12.0 Å². The molecule has 2 aromatic carbocycles. The minimum absolute atomic E-state index is 0.163. The zero-order valence-electron chi connectivity index (χ0n) is 11.2. The summed E-state index contributed by atoms with van der Waals surface area (Å²) >= 11 is 1.48. The van der Waals surface area contributed by atoms with Gasteiger partial charge in [-0.3, -0.25) is 0 Å². The van der Waals surface area contributed by atoms with Crippen LogP contribution in [-0.2, 0) is 6.54 Å². The van der Waals surface area contributed by atoms with Crippen LogP contribution < -0.4 is 5.32 Å². The predicted octanol–water partition coefficient (Wildman–Crippen LogP) is 4.39. The van der Waals surface area contributed by atoms with Gasteiger partial charge >= 0.3 is 0 Å². The molecule has 0 saturated carbocycles. The molecule has 0 spiro atoms. The molecule has 1 nitrogen and oxygen atoms in total. The van der Waals surface area contributed by atoms with E-state index in [9.17, 15) is 4.39 Å². The van der Waals surface area contributed by atoms with Gasteiger partial charge in [0.15, 0.2) is 0 Å². The van der Waals surface area contributed by atoms with Crippen molar-refractivity contribution in [3.8, 4) is 0 Å². The molecular weight excluding hydrogens is 257 g/mol. The largest absolute Gasteiger partial charge is 0.313 e. The van der Waals surface area contributed by atoms with Gasteiger partial charge in [-0.05, 0) is 42.8 Å². The lowest BCUT2D eigenvalue weighted by atomic mass is 10.1. The maximum atomic E-state index is 13.6. The second kappa shape index (κ2) is 6.73. The van der Waals surface area contributed by atoms with Crippen molar-refractivity contribution in [3.05, 3.63) is 59.4 Å². The molecule has 0 fully saturated rings. The summed E-state index contributed by atoms with van der Waals surface area (Å²) in [5, 5.41) is 3.30. The van der Waals surface area contributed by atoms with Crippen LogP contribution in [0.1, 0.15) is 18.1 Å². The number of halogens is 1. The van der Waals surface area contributed by atoms with E-state index in [4.69, 9.17) is 0 Å². The molecule has 0 radical (unpaired) electrons. The van der Waals surface area contributed by atoms with E-state index in [1.807, 2.05) is 12.1 Å². The third-order valence-electron chi connectivity index (χ3n) is 2.88. The van der Waals surface area contributed by atoms with Crippen molar-refractivity contribution in [2.75, 3.05) is 6.54 Å². The van der Waals surface area contributed by atoms with E-state index >= 15 is 0 Å². The molecule has 0 aliphatic carbocycles. The van der Waals surface area contributed by atoms with Gasteiger partial charge in [0.25, 0.3) is 0 Å². The molecular formula is C16H18FNS. The number of rotatable bonds is 5. The Morgan fingerprint density at radius 2 is 1.89 bits per heavy atom. The Morgan fingerprint density at radius 3 is 2.58 bits per heavy atom. The Bertz CT molecular complexity index is 554. The van der Waals surface area contributed by atoms with Gasteiger partial charge in [0.1, 0.15) is 5.82 Å². The van der Waals surface area contributed by atoms with Crippen molar-refractivity contribution >= 4 is 11.8 Å². The quantitative estimate of drug-likeness (QED) is 0.868. The minimum Gasteiger partial charge on any atom is -0.313 e. The summed E-state index contributed by atoms with van der Waals surface area (Å²) in [5.41, 5.74) is 2.45. The van der Waals surface area contributed by atoms with Crippen LogP contribution in [0.15, 0.2) is 52.3 Å². The van der Waals surface area contributed by atoms with Crippen molar-refractivity contribution in [2.24, 2.45) is 0 Å². The molecule has 0 atom stereocenters. The summed E-state index contributed by atoms with van der Waals surface area (Å²) in [6.45, 7) is 6.00. The summed E-state index contributed by atoms with van der Waals surface area (Å²) in [7, 11) is 0. The molecule has 19 heavy (non-hydrogen) atoms. The van der Waals surface area contributed by atoms with Gasteiger partial charge in [-0.25, -0.2) is 4.39 Å². The average molecular weight is 275 g/mol. The zero-order valence-corrected chi connectivity index (χ0v) is 12.1. The molecule has 0 bridgehead atoms. The van der Waals surface area contributed by atoms with E-state index in [0.717, 1.165) is 18.0 Å². The van der Waals surface area contributed by atoms with Crippen molar-refractivity contribution in [1.82, 2.24) is 5.32 Å². The van der Waals surface area contributed by atoms with Crippen molar-refractivity contribution in [3.63, 3.8) is 0 Å². The van der Waals surface area contributed by atoms with Gasteiger partial charge in [-0.15, -0.1) is 0 Å². The van der Waals surface area contributed by atoms with E-state index in [1.54, 1.807) is 6.07 Å². The Hall–Kier alpha value is -1.32. The number of nitrogens with one attached hydrogen (secondary N) is 1. The lowest BCUT2D eigenvalue weighted by molar-refractivity contribution is 0.602. The van der Waals surface area contributed by atoms with E-state index in [0.29, 0.717) is 4.90 Å². The number of hydrogen-bond acceptors (Lipinski definition) is 2. The normalized spacial score (nSPS) is 10.7. The second-order valence-electron chi connectivity index (χ2n) is 4.41.